The lowest BCUT2D eigenvalue weighted by Crippen LogP contribution is -1.98. The molecule has 0 bridgehead atoms. The van der Waals surface area contributed by atoms with Crippen LogP contribution in [0, 0.1) is 6.92 Å². The molecule has 0 aliphatic rings. The summed E-state index contributed by atoms with van der Waals surface area (Å²) in [5.74, 6) is 1.03. The highest BCUT2D eigenvalue weighted by Crippen LogP contribution is 2.22. The molecule has 110 valence electrons. The Labute approximate surface area is 128 Å². The van der Waals surface area contributed by atoms with Crippen molar-refractivity contribution in [3.8, 4) is 0 Å². The van der Waals surface area contributed by atoms with Gasteiger partial charge in [-0.25, -0.2) is 4.98 Å². The van der Waals surface area contributed by atoms with Gasteiger partial charge in [0.25, 0.3) is 0 Å². The smallest absolute Gasteiger partial charge is 0.106 e. The van der Waals surface area contributed by atoms with E-state index in [0.29, 0.717) is 0 Å². The van der Waals surface area contributed by atoms with E-state index in [1.165, 1.54) is 16.5 Å². The third-order valence-corrected chi connectivity index (χ3v) is 4.26. The second kappa shape index (κ2) is 4.91. The minimum Gasteiger partial charge on any atom is -0.381 e. The summed E-state index contributed by atoms with van der Waals surface area (Å²) in [5, 5.41) is 4.76. The number of imidazole rings is 1. The summed E-state index contributed by atoms with van der Waals surface area (Å²) < 4.78 is 2.11. The van der Waals surface area contributed by atoms with E-state index in [1.54, 1.807) is 0 Å². The minimum atomic E-state index is 0.793. The lowest BCUT2D eigenvalue weighted by Gasteiger charge is -2.06. The van der Waals surface area contributed by atoms with E-state index in [1.807, 2.05) is 20.0 Å². The van der Waals surface area contributed by atoms with Crippen LogP contribution >= 0.6 is 0 Å². The largest absolute Gasteiger partial charge is 0.381 e. The predicted octanol–water partition coefficient (Wildman–Crippen LogP) is 3.98. The summed E-state index contributed by atoms with van der Waals surface area (Å²) in [4.78, 5) is 7.89. The van der Waals surface area contributed by atoms with Crippen molar-refractivity contribution in [2.75, 3.05) is 5.32 Å². The van der Waals surface area contributed by atoms with Crippen LogP contribution < -0.4 is 5.32 Å². The molecule has 0 aliphatic heterocycles. The Hall–Kier alpha value is -2.75. The molecule has 2 aromatic heterocycles. The molecule has 4 heteroatoms. The molecule has 0 fully saturated rings. The highest BCUT2D eigenvalue weighted by atomic mass is 15.0. The first-order valence-electron chi connectivity index (χ1n) is 7.44. The number of H-pyrrole nitrogens is 1. The molecule has 0 atom stereocenters. The zero-order valence-corrected chi connectivity index (χ0v) is 12.7. The van der Waals surface area contributed by atoms with Gasteiger partial charge in [0.05, 0.1) is 11.0 Å². The molecular weight excluding hydrogens is 272 g/mol. The molecule has 0 amide bonds. The summed E-state index contributed by atoms with van der Waals surface area (Å²) >= 11 is 0. The van der Waals surface area contributed by atoms with Crippen molar-refractivity contribution in [1.82, 2.24) is 14.5 Å². The second-order valence-electron chi connectivity index (χ2n) is 5.63. The van der Waals surface area contributed by atoms with Crippen LogP contribution in [0.25, 0.3) is 21.9 Å². The Kier molecular flexibility index (Phi) is 2.89. The number of hydrogen-bond donors (Lipinski definition) is 2. The summed E-state index contributed by atoms with van der Waals surface area (Å²) in [7, 11) is 2.05. The Balaban J connectivity index is 1.61. The molecule has 4 aromatic rings. The van der Waals surface area contributed by atoms with E-state index in [0.717, 1.165) is 29.1 Å². The van der Waals surface area contributed by atoms with E-state index < -0.39 is 0 Å². The second-order valence-corrected chi connectivity index (χ2v) is 5.63. The molecule has 0 saturated carbocycles. The Morgan fingerprint density at radius 3 is 2.95 bits per heavy atom. The number of nitrogens with zero attached hydrogens (tertiary/aromatic N) is 2. The fourth-order valence-electron chi connectivity index (χ4n) is 2.91. The van der Waals surface area contributed by atoms with Gasteiger partial charge < -0.3 is 14.9 Å². The van der Waals surface area contributed by atoms with Gasteiger partial charge in [-0.2, -0.15) is 0 Å². The zero-order chi connectivity index (χ0) is 15.1. The average molecular weight is 290 g/mol. The van der Waals surface area contributed by atoms with Crippen molar-refractivity contribution in [2.24, 2.45) is 7.05 Å². The lowest BCUT2D eigenvalue weighted by molar-refractivity contribution is 0.886. The van der Waals surface area contributed by atoms with E-state index in [2.05, 4.69) is 62.4 Å². The number of anilines is 1. The van der Waals surface area contributed by atoms with Crippen LogP contribution in [0.2, 0.25) is 0 Å². The summed E-state index contributed by atoms with van der Waals surface area (Å²) in [6.45, 7) is 2.82. The molecule has 2 aromatic carbocycles. The van der Waals surface area contributed by atoms with Crippen molar-refractivity contribution < 1.29 is 0 Å². The van der Waals surface area contributed by atoms with Gasteiger partial charge in [-0.15, -0.1) is 0 Å². The van der Waals surface area contributed by atoms with Gasteiger partial charge in [-0.1, -0.05) is 18.2 Å². The van der Waals surface area contributed by atoms with Crippen molar-refractivity contribution >= 4 is 27.6 Å². The molecule has 4 rings (SSSR count). The first-order chi connectivity index (χ1) is 10.7. The van der Waals surface area contributed by atoms with E-state index in [-0.39, 0.29) is 0 Å². The molecule has 0 aliphatic carbocycles. The Bertz CT molecular complexity index is 962. The maximum Gasteiger partial charge on any atom is 0.106 e. The highest BCUT2D eigenvalue weighted by Gasteiger charge is 2.06. The molecule has 2 heterocycles. The van der Waals surface area contributed by atoms with Gasteiger partial charge in [0.15, 0.2) is 0 Å². The van der Waals surface area contributed by atoms with E-state index >= 15 is 0 Å². The number of rotatable bonds is 3. The third-order valence-electron chi connectivity index (χ3n) is 4.26. The van der Waals surface area contributed by atoms with Crippen molar-refractivity contribution in [3.63, 3.8) is 0 Å². The topological polar surface area (TPSA) is 45.6 Å². The first-order valence-corrected chi connectivity index (χ1v) is 7.44. The number of para-hydroxylation sites is 1. The fourth-order valence-corrected chi connectivity index (χ4v) is 2.91. The maximum absolute atomic E-state index is 4.59. The van der Waals surface area contributed by atoms with Crippen LogP contribution in [-0.2, 0) is 13.6 Å². The Morgan fingerprint density at radius 2 is 2.05 bits per heavy atom. The molecule has 22 heavy (non-hydrogen) atoms. The summed E-state index contributed by atoms with van der Waals surface area (Å²) in [6, 6.07) is 14.7. The van der Waals surface area contributed by atoms with Crippen LogP contribution in [0.5, 0.6) is 0 Å². The lowest BCUT2D eigenvalue weighted by atomic mass is 10.1. The van der Waals surface area contributed by atoms with E-state index in [4.69, 9.17) is 0 Å². The number of benzene rings is 2. The van der Waals surface area contributed by atoms with Crippen LogP contribution in [0.4, 0.5) is 5.69 Å². The van der Waals surface area contributed by atoms with Crippen LogP contribution in [0.15, 0.2) is 48.7 Å². The molecule has 0 saturated heterocycles. The van der Waals surface area contributed by atoms with Crippen LogP contribution in [0.1, 0.15) is 11.4 Å². The number of aromatic nitrogens is 3. The standard InChI is InChI=1S/C18H18N4/c1-12-21-17-9-14(7-8-18(17)22(12)2)19-10-13-11-20-16-6-4-3-5-15(13)16/h3-9,11,19-20H,10H2,1-2H3. The number of aromatic amines is 1. The highest BCUT2D eigenvalue weighted by molar-refractivity contribution is 5.84. The van der Waals surface area contributed by atoms with Crippen LogP contribution in [0.3, 0.4) is 0 Å². The normalized spacial score (nSPS) is 11.4. The monoisotopic (exact) mass is 290 g/mol. The molecule has 0 radical (unpaired) electrons. The van der Waals surface area contributed by atoms with Crippen LogP contribution in [-0.4, -0.2) is 14.5 Å². The molecule has 0 spiro atoms. The average Bonchev–Trinajstić information content (AvgIpc) is 3.07. The molecule has 0 unspecified atom stereocenters. The number of hydrogen-bond acceptors (Lipinski definition) is 2. The van der Waals surface area contributed by atoms with Gasteiger partial charge >= 0.3 is 0 Å². The third kappa shape index (κ3) is 2.04. The number of fused-ring (bicyclic) bond motifs is 2. The molecule has 4 nitrogen and oxygen atoms in total. The number of aryl methyl sites for hydroxylation is 2. The Morgan fingerprint density at radius 1 is 1.18 bits per heavy atom. The van der Waals surface area contributed by atoms with Crippen molar-refractivity contribution in [1.29, 1.82) is 0 Å². The van der Waals surface area contributed by atoms with Crippen molar-refractivity contribution in [2.45, 2.75) is 13.5 Å². The van der Waals surface area contributed by atoms with E-state index in [9.17, 15) is 0 Å². The maximum atomic E-state index is 4.59. The van der Waals surface area contributed by atoms with Gasteiger partial charge in [-0.05, 0) is 36.8 Å². The van der Waals surface area contributed by atoms with Gasteiger partial charge in [-0.3, -0.25) is 0 Å². The van der Waals surface area contributed by atoms with Crippen molar-refractivity contribution in [3.05, 3.63) is 60.0 Å². The zero-order valence-electron chi connectivity index (χ0n) is 12.7. The summed E-state index contributed by atoms with van der Waals surface area (Å²) in [6.07, 6.45) is 2.07. The number of nitrogens with one attached hydrogen (secondary N) is 2. The van der Waals surface area contributed by atoms with Gasteiger partial charge in [0.2, 0.25) is 0 Å². The fraction of sp³-hybridized carbons (Fsp3) is 0.167. The first kappa shape index (κ1) is 13.0. The SMILES string of the molecule is Cc1nc2cc(NCc3c[nH]c4ccccc34)ccc2n1C. The van der Waals surface area contributed by atoms with Gasteiger partial charge in [0.1, 0.15) is 5.82 Å². The minimum absolute atomic E-state index is 0.793. The predicted molar refractivity (Wildman–Crippen MR) is 91.1 cm³/mol. The quantitative estimate of drug-likeness (QED) is 0.599. The molecule has 2 N–H and O–H groups in total. The summed E-state index contributed by atoms with van der Waals surface area (Å²) in [5.41, 5.74) is 5.73. The molecular formula is C18H18N4. The van der Waals surface area contributed by atoms with Gasteiger partial charge in [0, 0.05) is 36.4 Å².